The normalized spacial score (nSPS) is 32.8. The van der Waals surface area contributed by atoms with Crippen LogP contribution in [0.25, 0.3) is 0 Å². The van der Waals surface area contributed by atoms with E-state index >= 15 is 0 Å². The van der Waals surface area contributed by atoms with Gasteiger partial charge in [-0.1, -0.05) is 26.7 Å². The van der Waals surface area contributed by atoms with Crippen molar-refractivity contribution < 1.29 is 19.0 Å². The first kappa shape index (κ1) is 17.2. The number of rotatable bonds is 5. The molecule has 0 unspecified atom stereocenters. The maximum absolute atomic E-state index is 13.1. The number of morpholine rings is 1. The Hall–Kier alpha value is -0.650. The zero-order chi connectivity index (χ0) is 16.2. The Morgan fingerprint density at radius 2 is 1.96 bits per heavy atom. The fraction of sp³-hybridized carbons (Fsp3) is 0.944. The van der Waals surface area contributed by atoms with Crippen LogP contribution in [0.5, 0.6) is 0 Å². The molecule has 2 saturated heterocycles. The van der Waals surface area contributed by atoms with Crippen LogP contribution in [0.4, 0.5) is 0 Å². The standard InChI is InChI=1S/C18H31NO4/c1-13(2)17(23-12-14-6-5-10-21-14)18(20)19-9-11-22-16-8-4-3-7-15(16)19/h13-17H,3-12H2,1-2H3/t14-,15+,16-,17-/m0/s1. The summed E-state index contributed by atoms with van der Waals surface area (Å²) < 4.78 is 17.5. The van der Waals surface area contributed by atoms with Gasteiger partial charge in [0.15, 0.2) is 0 Å². The van der Waals surface area contributed by atoms with Crippen molar-refractivity contribution in [2.45, 2.75) is 76.7 Å². The summed E-state index contributed by atoms with van der Waals surface area (Å²) in [6.45, 7) is 6.85. The molecule has 4 atom stereocenters. The van der Waals surface area contributed by atoms with Crippen LogP contribution in [0.2, 0.25) is 0 Å². The molecule has 23 heavy (non-hydrogen) atoms. The smallest absolute Gasteiger partial charge is 0.252 e. The fourth-order valence-corrected chi connectivity index (χ4v) is 4.07. The van der Waals surface area contributed by atoms with Crippen LogP contribution in [-0.4, -0.2) is 61.5 Å². The highest BCUT2D eigenvalue weighted by atomic mass is 16.5. The number of hydrogen-bond acceptors (Lipinski definition) is 4. The zero-order valence-corrected chi connectivity index (χ0v) is 14.5. The van der Waals surface area contributed by atoms with Gasteiger partial charge in [0, 0.05) is 13.2 Å². The Balaban J connectivity index is 1.62. The van der Waals surface area contributed by atoms with Crippen molar-refractivity contribution in [3.8, 4) is 0 Å². The summed E-state index contributed by atoms with van der Waals surface area (Å²) >= 11 is 0. The molecule has 3 fully saturated rings. The van der Waals surface area contributed by atoms with Crippen LogP contribution in [-0.2, 0) is 19.0 Å². The minimum Gasteiger partial charge on any atom is -0.376 e. The molecule has 1 amide bonds. The number of hydrogen-bond donors (Lipinski definition) is 0. The number of amides is 1. The Morgan fingerprint density at radius 3 is 2.70 bits per heavy atom. The molecule has 0 spiro atoms. The number of ether oxygens (including phenoxy) is 3. The summed E-state index contributed by atoms with van der Waals surface area (Å²) in [6, 6.07) is 0.248. The molecule has 2 aliphatic heterocycles. The monoisotopic (exact) mass is 325 g/mol. The largest absolute Gasteiger partial charge is 0.376 e. The van der Waals surface area contributed by atoms with E-state index in [1.54, 1.807) is 0 Å². The van der Waals surface area contributed by atoms with E-state index in [0.29, 0.717) is 19.8 Å². The van der Waals surface area contributed by atoms with Crippen LogP contribution in [0.3, 0.4) is 0 Å². The van der Waals surface area contributed by atoms with Crippen molar-refractivity contribution in [3.63, 3.8) is 0 Å². The van der Waals surface area contributed by atoms with Crippen molar-refractivity contribution in [1.82, 2.24) is 4.90 Å². The Labute approximate surface area is 139 Å². The summed E-state index contributed by atoms with van der Waals surface area (Å²) in [6.07, 6.45) is 6.72. The van der Waals surface area contributed by atoms with Gasteiger partial charge in [0.05, 0.1) is 31.5 Å². The molecule has 0 aromatic heterocycles. The fourth-order valence-electron chi connectivity index (χ4n) is 4.07. The van der Waals surface area contributed by atoms with E-state index in [9.17, 15) is 4.79 Å². The molecule has 0 aromatic rings. The maximum atomic E-state index is 13.1. The Bertz CT molecular complexity index is 392. The van der Waals surface area contributed by atoms with E-state index in [1.165, 1.54) is 12.8 Å². The van der Waals surface area contributed by atoms with Crippen molar-refractivity contribution in [3.05, 3.63) is 0 Å². The molecule has 0 radical (unpaired) electrons. The molecule has 3 aliphatic rings. The minimum absolute atomic E-state index is 0.151. The zero-order valence-electron chi connectivity index (χ0n) is 14.5. The quantitative estimate of drug-likeness (QED) is 0.779. The lowest BCUT2D eigenvalue weighted by atomic mass is 9.89. The third kappa shape index (κ3) is 4.06. The second-order valence-electron chi connectivity index (χ2n) is 7.43. The SMILES string of the molecule is CC(C)[C@H](OC[C@@H]1CCCO1)C(=O)N1CCO[C@H]2CCCC[C@H]21. The lowest BCUT2D eigenvalue weighted by molar-refractivity contribution is -0.165. The van der Waals surface area contributed by atoms with Crippen molar-refractivity contribution in [1.29, 1.82) is 0 Å². The Morgan fingerprint density at radius 1 is 1.13 bits per heavy atom. The van der Waals surface area contributed by atoms with Gasteiger partial charge in [0.1, 0.15) is 6.10 Å². The summed E-state index contributed by atoms with van der Waals surface area (Å²) in [5.74, 6) is 0.326. The van der Waals surface area contributed by atoms with Crippen LogP contribution in [0.15, 0.2) is 0 Å². The Kier molecular flexibility index (Phi) is 5.94. The average Bonchev–Trinajstić information content (AvgIpc) is 3.07. The van der Waals surface area contributed by atoms with Gasteiger partial charge in [-0.05, 0) is 31.6 Å². The van der Waals surface area contributed by atoms with Crippen LogP contribution in [0, 0.1) is 5.92 Å². The van der Waals surface area contributed by atoms with Gasteiger partial charge in [-0.2, -0.15) is 0 Å². The first-order chi connectivity index (χ1) is 11.2. The summed E-state index contributed by atoms with van der Waals surface area (Å²) in [4.78, 5) is 15.2. The number of carbonyl (C=O) groups is 1. The second kappa shape index (κ2) is 7.95. The molecule has 132 valence electrons. The molecule has 0 bridgehead atoms. The number of carbonyl (C=O) groups excluding carboxylic acids is 1. The first-order valence-corrected chi connectivity index (χ1v) is 9.32. The molecule has 5 heteroatoms. The highest BCUT2D eigenvalue weighted by molar-refractivity contribution is 5.81. The number of nitrogens with zero attached hydrogens (tertiary/aromatic N) is 1. The molecule has 0 aromatic carbocycles. The van der Waals surface area contributed by atoms with Crippen molar-refractivity contribution in [2.24, 2.45) is 5.92 Å². The molecule has 1 saturated carbocycles. The molecular formula is C18H31NO4. The van der Waals surface area contributed by atoms with Crippen LogP contribution >= 0.6 is 0 Å². The predicted octanol–water partition coefficient (Wildman–Crippen LogP) is 2.38. The summed E-state index contributed by atoms with van der Waals surface area (Å²) in [5, 5.41) is 0. The van der Waals surface area contributed by atoms with E-state index < -0.39 is 0 Å². The van der Waals surface area contributed by atoms with E-state index in [4.69, 9.17) is 14.2 Å². The van der Waals surface area contributed by atoms with Crippen LogP contribution < -0.4 is 0 Å². The second-order valence-corrected chi connectivity index (χ2v) is 7.43. The lowest BCUT2D eigenvalue weighted by Crippen LogP contribution is -2.58. The van der Waals surface area contributed by atoms with Gasteiger partial charge >= 0.3 is 0 Å². The predicted molar refractivity (Wildman–Crippen MR) is 87.3 cm³/mol. The molecule has 3 rings (SSSR count). The van der Waals surface area contributed by atoms with E-state index in [1.807, 2.05) is 4.90 Å². The molecule has 2 heterocycles. The highest BCUT2D eigenvalue weighted by Crippen LogP contribution is 2.30. The lowest BCUT2D eigenvalue weighted by Gasteiger charge is -2.45. The van der Waals surface area contributed by atoms with Gasteiger partial charge in [-0.3, -0.25) is 4.79 Å². The van der Waals surface area contributed by atoms with Gasteiger partial charge in [-0.25, -0.2) is 0 Å². The summed E-state index contributed by atoms with van der Waals surface area (Å²) in [7, 11) is 0. The molecule has 0 N–H and O–H groups in total. The number of fused-ring (bicyclic) bond motifs is 1. The molecule has 1 aliphatic carbocycles. The topological polar surface area (TPSA) is 48.0 Å². The maximum Gasteiger partial charge on any atom is 0.252 e. The van der Waals surface area contributed by atoms with Gasteiger partial charge in [0.25, 0.3) is 5.91 Å². The third-order valence-electron chi connectivity index (χ3n) is 5.35. The van der Waals surface area contributed by atoms with E-state index in [2.05, 4.69) is 13.8 Å². The average molecular weight is 325 g/mol. The highest BCUT2D eigenvalue weighted by Gasteiger charge is 2.40. The third-order valence-corrected chi connectivity index (χ3v) is 5.35. The molecule has 5 nitrogen and oxygen atoms in total. The summed E-state index contributed by atoms with van der Waals surface area (Å²) in [5.41, 5.74) is 0. The van der Waals surface area contributed by atoms with Crippen LogP contribution in [0.1, 0.15) is 52.4 Å². The van der Waals surface area contributed by atoms with Crippen molar-refractivity contribution in [2.75, 3.05) is 26.4 Å². The first-order valence-electron chi connectivity index (χ1n) is 9.32. The van der Waals surface area contributed by atoms with Crippen molar-refractivity contribution >= 4 is 5.91 Å². The van der Waals surface area contributed by atoms with E-state index in [0.717, 1.165) is 32.3 Å². The molecular weight excluding hydrogens is 294 g/mol. The van der Waals surface area contributed by atoms with Gasteiger partial charge in [-0.15, -0.1) is 0 Å². The van der Waals surface area contributed by atoms with E-state index in [-0.39, 0.29) is 36.2 Å². The van der Waals surface area contributed by atoms with Gasteiger partial charge in [0.2, 0.25) is 0 Å². The van der Waals surface area contributed by atoms with Gasteiger partial charge < -0.3 is 19.1 Å². The minimum atomic E-state index is -0.361.